The molecular weight excluding hydrogens is 352 g/mol. The highest BCUT2D eigenvalue weighted by Gasteiger charge is 2.22. The third kappa shape index (κ3) is 4.14. The SMILES string of the molecule is COc1ccccc1[C@@H](NC(=O)c1ccc(C(C)C)[nH]c1=O)c1ccccc1. The van der Waals surface area contributed by atoms with E-state index in [1.54, 1.807) is 19.2 Å². The highest BCUT2D eigenvalue weighted by Crippen LogP contribution is 2.30. The molecule has 0 saturated heterocycles. The minimum absolute atomic E-state index is 0.0835. The number of pyridine rings is 1. The van der Waals surface area contributed by atoms with Crippen molar-refractivity contribution in [1.29, 1.82) is 0 Å². The summed E-state index contributed by atoms with van der Waals surface area (Å²) in [6.45, 7) is 3.97. The summed E-state index contributed by atoms with van der Waals surface area (Å²) >= 11 is 0. The van der Waals surface area contributed by atoms with Gasteiger partial charge in [0, 0.05) is 11.3 Å². The van der Waals surface area contributed by atoms with Crippen LogP contribution in [0.25, 0.3) is 0 Å². The Morgan fingerprint density at radius 1 is 0.964 bits per heavy atom. The van der Waals surface area contributed by atoms with Crippen molar-refractivity contribution in [3.8, 4) is 5.75 Å². The smallest absolute Gasteiger partial charge is 0.261 e. The minimum Gasteiger partial charge on any atom is -0.496 e. The van der Waals surface area contributed by atoms with Crippen molar-refractivity contribution in [3.05, 3.63) is 99.5 Å². The summed E-state index contributed by atoms with van der Waals surface area (Å²) in [7, 11) is 1.60. The summed E-state index contributed by atoms with van der Waals surface area (Å²) in [6.07, 6.45) is 0. The molecule has 0 spiro atoms. The van der Waals surface area contributed by atoms with Crippen LogP contribution in [0, 0.1) is 0 Å². The van der Waals surface area contributed by atoms with E-state index in [0.29, 0.717) is 5.75 Å². The molecule has 0 saturated carbocycles. The van der Waals surface area contributed by atoms with Crippen LogP contribution in [0.1, 0.15) is 53.0 Å². The molecule has 0 aliphatic rings. The van der Waals surface area contributed by atoms with Crippen LogP contribution >= 0.6 is 0 Å². The monoisotopic (exact) mass is 376 g/mol. The normalized spacial score (nSPS) is 11.9. The predicted octanol–water partition coefficient (Wildman–Crippen LogP) is 4.03. The number of methoxy groups -OCH3 is 1. The Bertz CT molecular complexity index is 1010. The Morgan fingerprint density at radius 3 is 2.29 bits per heavy atom. The minimum atomic E-state index is -0.450. The molecule has 2 aromatic carbocycles. The lowest BCUT2D eigenvalue weighted by Gasteiger charge is -2.22. The fourth-order valence-electron chi connectivity index (χ4n) is 3.10. The Balaban J connectivity index is 1.99. The number of H-pyrrole nitrogens is 1. The molecule has 1 aromatic heterocycles. The first-order valence-electron chi connectivity index (χ1n) is 9.23. The van der Waals surface area contributed by atoms with E-state index in [0.717, 1.165) is 16.8 Å². The van der Waals surface area contributed by atoms with Gasteiger partial charge in [0.2, 0.25) is 0 Å². The highest BCUT2D eigenvalue weighted by atomic mass is 16.5. The molecule has 0 unspecified atom stereocenters. The first kappa shape index (κ1) is 19.4. The molecule has 2 N–H and O–H groups in total. The van der Waals surface area contributed by atoms with Crippen LogP contribution in [-0.2, 0) is 0 Å². The molecule has 1 heterocycles. The number of para-hydroxylation sites is 1. The number of carbonyl (C=O) groups is 1. The van der Waals surface area contributed by atoms with Crippen LogP contribution in [0.3, 0.4) is 0 Å². The van der Waals surface area contributed by atoms with E-state index >= 15 is 0 Å². The highest BCUT2D eigenvalue weighted by molar-refractivity contribution is 5.94. The Kier molecular flexibility index (Phi) is 5.94. The number of hydrogen-bond donors (Lipinski definition) is 2. The number of aromatic amines is 1. The summed E-state index contributed by atoms with van der Waals surface area (Å²) in [5.41, 5.74) is 2.21. The van der Waals surface area contributed by atoms with Gasteiger partial charge in [0.25, 0.3) is 11.5 Å². The second kappa shape index (κ2) is 8.57. The molecular formula is C23H24N2O3. The first-order valence-corrected chi connectivity index (χ1v) is 9.23. The summed E-state index contributed by atoms with van der Waals surface area (Å²) in [4.78, 5) is 28.1. The number of benzene rings is 2. The molecule has 5 heteroatoms. The Morgan fingerprint density at radius 2 is 1.64 bits per heavy atom. The standard InChI is InChI=1S/C23H24N2O3/c1-15(2)19-14-13-18(22(26)24-19)23(27)25-21(16-9-5-4-6-10-16)17-11-7-8-12-20(17)28-3/h4-15,21H,1-3H3,(H,24,26)(H,25,27)/t21-/m0/s1. The summed E-state index contributed by atoms with van der Waals surface area (Å²) < 4.78 is 5.48. The molecule has 3 rings (SSSR count). The van der Waals surface area contributed by atoms with Crippen LogP contribution in [0.15, 0.2) is 71.5 Å². The summed E-state index contributed by atoms with van der Waals surface area (Å²) in [5, 5.41) is 2.99. The van der Waals surface area contributed by atoms with Gasteiger partial charge in [-0.25, -0.2) is 0 Å². The third-order valence-corrected chi connectivity index (χ3v) is 4.66. The van der Waals surface area contributed by atoms with Gasteiger partial charge in [-0.15, -0.1) is 0 Å². The number of nitrogens with one attached hydrogen (secondary N) is 2. The number of rotatable bonds is 6. The van der Waals surface area contributed by atoms with Gasteiger partial charge in [0.05, 0.1) is 13.2 Å². The van der Waals surface area contributed by atoms with E-state index in [1.165, 1.54) is 0 Å². The Labute approximate surface area is 164 Å². The molecule has 0 fully saturated rings. The number of amides is 1. The molecule has 0 bridgehead atoms. The summed E-state index contributed by atoms with van der Waals surface area (Å²) in [6, 6.07) is 20.0. The molecule has 5 nitrogen and oxygen atoms in total. The van der Waals surface area contributed by atoms with E-state index in [-0.39, 0.29) is 11.5 Å². The topological polar surface area (TPSA) is 71.2 Å². The second-order valence-electron chi connectivity index (χ2n) is 6.87. The average Bonchev–Trinajstić information content (AvgIpc) is 2.72. The largest absolute Gasteiger partial charge is 0.496 e. The number of carbonyl (C=O) groups excluding carboxylic acids is 1. The van der Waals surface area contributed by atoms with Crippen molar-refractivity contribution in [2.75, 3.05) is 7.11 Å². The molecule has 0 aliphatic carbocycles. The van der Waals surface area contributed by atoms with E-state index in [4.69, 9.17) is 4.74 Å². The lowest BCUT2D eigenvalue weighted by atomic mass is 9.97. The molecule has 1 amide bonds. The quantitative estimate of drug-likeness (QED) is 0.682. The molecule has 144 valence electrons. The van der Waals surface area contributed by atoms with Gasteiger partial charge in [0.15, 0.2) is 0 Å². The molecule has 1 atom stereocenters. The lowest BCUT2D eigenvalue weighted by molar-refractivity contribution is 0.0941. The average molecular weight is 376 g/mol. The van der Waals surface area contributed by atoms with Crippen LogP contribution in [0.2, 0.25) is 0 Å². The van der Waals surface area contributed by atoms with Crippen LogP contribution in [0.5, 0.6) is 5.75 Å². The van der Waals surface area contributed by atoms with Crippen molar-refractivity contribution < 1.29 is 9.53 Å². The second-order valence-corrected chi connectivity index (χ2v) is 6.87. The van der Waals surface area contributed by atoms with Gasteiger partial charge >= 0.3 is 0 Å². The number of aromatic nitrogens is 1. The van der Waals surface area contributed by atoms with Gasteiger partial charge in [-0.2, -0.15) is 0 Å². The predicted molar refractivity (Wildman–Crippen MR) is 110 cm³/mol. The van der Waals surface area contributed by atoms with Crippen molar-refractivity contribution in [3.63, 3.8) is 0 Å². The fourth-order valence-corrected chi connectivity index (χ4v) is 3.10. The van der Waals surface area contributed by atoms with Gasteiger partial charge in [-0.3, -0.25) is 9.59 Å². The van der Waals surface area contributed by atoms with Crippen LogP contribution in [0.4, 0.5) is 0 Å². The number of ether oxygens (including phenoxy) is 1. The maximum atomic E-state index is 12.9. The van der Waals surface area contributed by atoms with E-state index in [1.807, 2.05) is 68.4 Å². The van der Waals surface area contributed by atoms with E-state index in [2.05, 4.69) is 10.3 Å². The van der Waals surface area contributed by atoms with Gasteiger partial charge < -0.3 is 15.0 Å². The zero-order valence-corrected chi connectivity index (χ0v) is 16.2. The van der Waals surface area contributed by atoms with Crippen LogP contribution in [-0.4, -0.2) is 18.0 Å². The summed E-state index contributed by atoms with van der Waals surface area (Å²) in [5.74, 6) is 0.410. The van der Waals surface area contributed by atoms with Crippen molar-refractivity contribution in [1.82, 2.24) is 10.3 Å². The molecule has 0 aliphatic heterocycles. The van der Waals surface area contributed by atoms with Crippen molar-refractivity contribution in [2.24, 2.45) is 0 Å². The third-order valence-electron chi connectivity index (χ3n) is 4.66. The molecule has 0 radical (unpaired) electrons. The van der Waals surface area contributed by atoms with Gasteiger partial charge in [-0.05, 0) is 29.7 Å². The van der Waals surface area contributed by atoms with E-state index < -0.39 is 17.5 Å². The van der Waals surface area contributed by atoms with Crippen molar-refractivity contribution >= 4 is 5.91 Å². The maximum absolute atomic E-state index is 12.9. The lowest BCUT2D eigenvalue weighted by Crippen LogP contribution is -2.33. The van der Waals surface area contributed by atoms with Crippen LogP contribution < -0.4 is 15.6 Å². The van der Waals surface area contributed by atoms with Gasteiger partial charge in [0.1, 0.15) is 11.3 Å². The zero-order valence-electron chi connectivity index (χ0n) is 16.2. The first-order chi connectivity index (χ1) is 13.5. The van der Waals surface area contributed by atoms with Gasteiger partial charge in [-0.1, -0.05) is 62.4 Å². The van der Waals surface area contributed by atoms with E-state index in [9.17, 15) is 9.59 Å². The maximum Gasteiger partial charge on any atom is 0.261 e. The number of hydrogen-bond acceptors (Lipinski definition) is 3. The fraction of sp³-hybridized carbons (Fsp3) is 0.217. The van der Waals surface area contributed by atoms with Crippen molar-refractivity contribution in [2.45, 2.75) is 25.8 Å². The Hall–Kier alpha value is -3.34. The molecule has 3 aromatic rings. The zero-order chi connectivity index (χ0) is 20.1. The molecule has 28 heavy (non-hydrogen) atoms.